The zero-order valence-corrected chi connectivity index (χ0v) is 17.5. The van der Waals surface area contributed by atoms with Crippen molar-refractivity contribution in [1.82, 2.24) is 4.57 Å². The lowest BCUT2D eigenvalue weighted by Crippen LogP contribution is -2.30. The van der Waals surface area contributed by atoms with Crippen molar-refractivity contribution in [3.63, 3.8) is 0 Å². The molecule has 9 nitrogen and oxygen atoms in total. The van der Waals surface area contributed by atoms with E-state index >= 15 is 0 Å². The Morgan fingerprint density at radius 1 is 1.10 bits per heavy atom. The monoisotopic (exact) mass is 428 g/mol. The molecule has 0 spiro atoms. The van der Waals surface area contributed by atoms with Crippen molar-refractivity contribution in [3.8, 4) is 11.5 Å². The molecule has 3 aromatic rings. The molecule has 1 N–H and O–H groups in total. The molecular formula is C22H24N2O7. The molecule has 1 unspecified atom stereocenters. The number of amides is 1. The number of hydrogen-bond acceptors (Lipinski definition) is 7. The predicted molar refractivity (Wildman–Crippen MR) is 113 cm³/mol. The molecule has 1 aromatic heterocycles. The summed E-state index contributed by atoms with van der Waals surface area (Å²) in [7, 11) is 3.01. The molecule has 0 aliphatic heterocycles. The van der Waals surface area contributed by atoms with Crippen LogP contribution in [0.4, 0.5) is 5.69 Å². The number of anilines is 1. The van der Waals surface area contributed by atoms with Crippen molar-refractivity contribution in [3.05, 3.63) is 53.0 Å². The number of aromatic nitrogens is 1. The number of carbonyl (C=O) groups excluding carboxylic acids is 2. The van der Waals surface area contributed by atoms with Crippen LogP contribution in [0.5, 0.6) is 11.5 Å². The highest BCUT2D eigenvalue weighted by Gasteiger charge is 2.19. The third kappa shape index (κ3) is 5.25. The van der Waals surface area contributed by atoms with Crippen molar-refractivity contribution in [2.75, 3.05) is 19.5 Å². The Morgan fingerprint density at radius 2 is 1.84 bits per heavy atom. The zero-order chi connectivity index (χ0) is 22.4. The number of hydrogen-bond donors (Lipinski definition) is 1. The van der Waals surface area contributed by atoms with Crippen LogP contribution in [0, 0.1) is 0 Å². The van der Waals surface area contributed by atoms with E-state index in [4.69, 9.17) is 18.6 Å². The van der Waals surface area contributed by atoms with E-state index in [1.54, 1.807) is 42.5 Å². The molecule has 31 heavy (non-hydrogen) atoms. The van der Waals surface area contributed by atoms with E-state index in [1.165, 1.54) is 25.7 Å². The van der Waals surface area contributed by atoms with Gasteiger partial charge in [-0.3, -0.25) is 14.2 Å². The van der Waals surface area contributed by atoms with Gasteiger partial charge in [-0.05, 0) is 37.6 Å². The maximum Gasteiger partial charge on any atom is 0.419 e. The van der Waals surface area contributed by atoms with E-state index in [-0.39, 0.29) is 6.42 Å². The lowest BCUT2D eigenvalue weighted by Gasteiger charge is -2.15. The number of rotatable bonds is 9. The van der Waals surface area contributed by atoms with Crippen molar-refractivity contribution < 1.29 is 28.2 Å². The minimum absolute atomic E-state index is 0.0555. The fourth-order valence-corrected chi connectivity index (χ4v) is 3.07. The number of nitrogens with zero attached hydrogens (tertiary/aromatic N) is 1. The third-order valence-corrected chi connectivity index (χ3v) is 4.66. The van der Waals surface area contributed by atoms with Gasteiger partial charge in [-0.2, -0.15) is 0 Å². The number of benzene rings is 2. The van der Waals surface area contributed by atoms with Gasteiger partial charge in [0.05, 0.1) is 19.7 Å². The Balaban J connectivity index is 1.50. The van der Waals surface area contributed by atoms with Crippen LogP contribution in [0.2, 0.25) is 0 Å². The Labute approximate surface area is 178 Å². The first-order chi connectivity index (χ1) is 14.9. The first-order valence-electron chi connectivity index (χ1n) is 9.73. The molecule has 0 aliphatic carbocycles. The first kappa shape index (κ1) is 21.9. The molecule has 0 fully saturated rings. The normalized spacial score (nSPS) is 11.7. The van der Waals surface area contributed by atoms with E-state index < -0.39 is 23.7 Å². The van der Waals surface area contributed by atoms with Gasteiger partial charge in [-0.25, -0.2) is 4.79 Å². The fraction of sp³-hybridized carbons (Fsp3) is 0.318. The van der Waals surface area contributed by atoms with E-state index in [0.717, 1.165) is 0 Å². The second-order valence-corrected chi connectivity index (χ2v) is 6.78. The number of nitrogens with one attached hydrogen (secondary N) is 1. The van der Waals surface area contributed by atoms with Gasteiger partial charge < -0.3 is 23.9 Å². The number of aryl methyl sites for hydroxylation is 1. The molecule has 0 aliphatic rings. The van der Waals surface area contributed by atoms with Gasteiger partial charge in [0.15, 0.2) is 23.2 Å². The summed E-state index contributed by atoms with van der Waals surface area (Å²) in [6.45, 7) is 1.79. The second kappa shape index (κ2) is 9.84. The van der Waals surface area contributed by atoms with Crippen molar-refractivity contribution in [1.29, 1.82) is 0 Å². The molecule has 164 valence electrons. The number of carbonyl (C=O) groups is 2. The fourth-order valence-electron chi connectivity index (χ4n) is 3.07. The van der Waals surface area contributed by atoms with Crippen LogP contribution in [0.1, 0.15) is 19.8 Å². The minimum atomic E-state index is -0.988. The lowest BCUT2D eigenvalue weighted by atomic mass is 10.2. The molecule has 0 saturated heterocycles. The largest absolute Gasteiger partial charge is 0.493 e. The molecule has 1 atom stereocenters. The van der Waals surface area contributed by atoms with Crippen LogP contribution >= 0.6 is 0 Å². The summed E-state index contributed by atoms with van der Waals surface area (Å²) in [6.07, 6.45) is -0.565. The predicted octanol–water partition coefficient (Wildman–Crippen LogP) is 2.96. The zero-order valence-electron chi connectivity index (χ0n) is 17.5. The summed E-state index contributed by atoms with van der Waals surface area (Å²) in [5.74, 6) is -0.484. The van der Waals surface area contributed by atoms with Crippen molar-refractivity contribution >= 4 is 28.7 Å². The smallest absolute Gasteiger partial charge is 0.419 e. The average Bonchev–Trinajstić information content (AvgIpc) is 3.08. The maximum atomic E-state index is 12.3. The van der Waals surface area contributed by atoms with Gasteiger partial charge in [0.25, 0.3) is 5.91 Å². The van der Waals surface area contributed by atoms with Crippen molar-refractivity contribution in [2.45, 2.75) is 32.4 Å². The quantitative estimate of drug-likeness (QED) is 0.522. The molecule has 9 heteroatoms. The van der Waals surface area contributed by atoms with Crippen LogP contribution in [-0.4, -0.2) is 36.8 Å². The van der Waals surface area contributed by atoms with Crippen LogP contribution in [0.15, 0.2) is 51.7 Å². The van der Waals surface area contributed by atoms with Gasteiger partial charge in [-0.15, -0.1) is 0 Å². The average molecular weight is 428 g/mol. The number of methoxy groups -OCH3 is 2. The highest BCUT2D eigenvalue weighted by atomic mass is 16.5. The number of ether oxygens (including phenoxy) is 3. The number of oxazole rings is 1. The lowest BCUT2D eigenvalue weighted by molar-refractivity contribution is -0.153. The standard InChI is InChI=1S/C22H24N2O7/c1-14(21(26)23-15-10-11-18(28-2)19(13-15)29-3)30-20(25)9-6-12-24-16-7-4-5-8-17(16)31-22(24)27/h4-5,7-8,10-11,13-14H,6,9,12H2,1-3H3,(H,23,26). The number of para-hydroxylation sites is 2. The van der Waals surface area contributed by atoms with E-state index in [1.807, 2.05) is 0 Å². The molecular weight excluding hydrogens is 404 g/mol. The Kier molecular flexibility index (Phi) is 6.96. The molecule has 1 amide bonds. The van der Waals surface area contributed by atoms with Crippen LogP contribution in [0.3, 0.4) is 0 Å². The van der Waals surface area contributed by atoms with E-state index in [2.05, 4.69) is 5.32 Å². The van der Waals surface area contributed by atoms with Gasteiger partial charge in [0.2, 0.25) is 0 Å². The van der Waals surface area contributed by atoms with E-state index in [9.17, 15) is 14.4 Å². The first-order valence-corrected chi connectivity index (χ1v) is 9.73. The van der Waals surface area contributed by atoms with E-state index in [0.29, 0.717) is 41.3 Å². The summed E-state index contributed by atoms with van der Waals surface area (Å²) in [4.78, 5) is 36.4. The summed E-state index contributed by atoms with van der Waals surface area (Å²) in [5.41, 5.74) is 1.65. The van der Waals surface area contributed by atoms with Crippen molar-refractivity contribution in [2.24, 2.45) is 0 Å². The van der Waals surface area contributed by atoms with Gasteiger partial charge in [0.1, 0.15) is 0 Å². The molecule has 2 aromatic carbocycles. The van der Waals surface area contributed by atoms with Gasteiger partial charge in [-0.1, -0.05) is 12.1 Å². The third-order valence-electron chi connectivity index (χ3n) is 4.66. The molecule has 1 heterocycles. The molecule has 0 radical (unpaired) electrons. The molecule has 3 rings (SSSR count). The van der Waals surface area contributed by atoms with Gasteiger partial charge in [0, 0.05) is 24.7 Å². The maximum absolute atomic E-state index is 12.3. The topological polar surface area (TPSA) is 109 Å². The Hall–Kier alpha value is -3.75. The highest BCUT2D eigenvalue weighted by molar-refractivity contribution is 5.95. The number of fused-ring (bicyclic) bond motifs is 1. The van der Waals surface area contributed by atoms with Crippen LogP contribution in [-0.2, 0) is 20.9 Å². The number of esters is 1. The van der Waals surface area contributed by atoms with Crippen LogP contribution in [0.25, 0.3) is 11.1 Å². The second-order valence-electron chi connectivity index (χ2n) is 6.78. The van der Waals surface area contributed by atoms with Crippen LogP contribution < -0.4 is 20.5 Å². The molecule has 0 bridgehead atoms. The molecule has 0 saturated carbocycles. The van der Waals surface area contributed by atoms with Gasteiger partial charge >= 0.3 is 11.7 Å². The summed E-state index contributed by atoms with van der Waals surface area (Å²) in [6, 6.07) is 12.0. The Bertz CT molecular complexity index is 1130. The summed E-state index contributed by atoms with van der Waals surface area (Å²) < 4.78 is 22.2. The Morgan fingerprint density at radius 3 is 2.58 bits per heavy atom. The summed E-state index contributed by atoms with van der Waals surface area (Å²) >= 11 is 0. The SMILES string of the molecule is COc1ccc(NC(=O)C(C)OC(=O)CCCn2c(=O)oc3ccccc32)cc1OC. The minimum Gasteiger partial charge on any atom is -0.493 e. The highest BCUT2D eigenvalue weighted by Crippen LogP contribution is 2.29. The summed E-state index contributed by atoms with van der Waals surface area (Å²) in [5, 5.41) is 2.67.